The largest absolute Gasteiger partial charge is 0.353 e. The molecule has 0 bridgehead atoms. The number of nitrogens with zero attached hydrogens (tertiary/aromatic N) is 1. The van der Waals surface area contributed by atoms with E-state index in [0.717, 1.165) is 16.7 Å². The first-order chi connectivity index (χ1) is 9.02. The molecule has 0 spiro atoms. The van der Waals surface area contributed by atoms with E-state index in [-0.39, 0.29) is 0 Å². The third-order valence-corrected chi connectivity index (χ3v) is 4.00. The van der Waals surface area contributed by atoms with Gasteiger partial charge in [0.15, 0.2) is 5.79 Å². The van der Waals surface area contributed by atoms with E-state index in [1.54, 1.807) is 14.2 Å². The van der Waals surface area contributed by atoms with Crippen molar-refractivity contribution < 1.29 is 9.47 Å². The highest BCUT2D eigenvalue weighted by Crippen LogP contribution is 2.53. The fourth-order valence-electron chi connectivity index (χ4n) is 2.84. The van der Waals surface area contributed by atoms with Gasteiger partial charge in [0.1, 0.15) is 0 Å². The fourth-order valence-corrected chi connectivity index (χ4v) is 2.84. The number of benzene rings is 1. The summed E-state index contributed by atoms with van der Waals surface area (Å²) < 4.78 is 10.8. The van der Waals surface area contributed by atoms with Crippen molar-refractivity contribution in [3.63, 3.8) is 0 Å². The number of nitriles is 1. The van der Waals surface area contributed by atoms with Gasteiger partial charge in [0, 0.05) is 27.1 Å². The molecule has 0 aromatic heterocycles. The number of methoxy groups -OCH3 is 2. The minimum absolute atomic E-state index is 0.540. The van der Waals surface area contributed by atoms with Crippen molar-refractivity contribution in [1.29, 1.82) is 5.26 Å². The van der Waals surface area contributed by atoms with Crippen LogP contribution in [0.2, 0.25) is 0 Å². The summed E-state index contributed by atoms with van der Waals surface area (Å²) in [6, 6.07) is 10.4. The molecule has 0 N–H and O–H groups in total. The maximum atomic E-state index is 9.63. The van der Waals surface area contributed by atoms with E-state index in [9.17, 15) is 5.26 Å². The number of hydrogen-bond acceptors (Lipinski definition) is 3. The van der Waals surface area contributed by atoms with Gasteiger partial charge in [-0.15, -0.1) is 0 Å². The number of rotatable bonds is 4. The van der Waals surface area contributed by atoms with Crippen LogP contribution in [-0.4, -0.2) is 20.0 Å². The van der Waals surface area contributed by atoms with Gasteiger partial charge in [0.2, 0.25) is 0 Å². The van der Waals surface area contributed by atoms with Crippen molar-refractivity contribution in [3.05, 3.63) is 42.0 Å². The van der Waals surface area contributed by atoms with E-state index in [2.05, 4.69) is 12.6 Å². The maximum Gasteiger partial charge on any atom is 0.171 e. The lowest BCUT2D eigenvalue weighted by Gasteiger charge is -2.51. The molecule has 0 amide bonds. The third kappa shape index (κ3) is 2.07. The van der Waals surface area contributed by atoms with Gasteiger partial charge in [0.05, 0.1) is 11.5 Å². The average molecular weight is 257 g/mol. The molecule has 0 aliphatic heterocycles. The van der Waals surface area contributed by atoms with E-state index in [4.69, 9.17) is 9.47 Å². The Labute approximate surface area is 114 Å². The minimum Gasteiger partial charge on any atom is -0.353 e. The number of hydrogen-bond donors (Lipinski definition) is 0. The van der Waals surface area contributed by atoms with Crippen LogP contribution in [0.4, 0.5) is 0 Å². The first-order valence-corrected chi connectivity index (χ1v) is 6.29. The van der Waals surface area contributed by atoms with Crippen LogP contribution in [0.25, 0.3) is 5.57 Å². The average Bonchev–Trinajstić information content (AvgIpc) is 2.40. The van der Waals surface area contributed by atoms with Gasteiger partial charge >= 0.3 is 0 Å². The molecule has 3 nitrogen and oxygen atoms in total. The highest BCUT2D eigenvalue weighted by atomic mass is 16.7. The third-order valence-electron chi connectivity index (χ3n) is 4.00. The van der Waals surface area contributed by atoms with Crippen molar-refractivity contribution in [2.75, 3.05) is 14.2 Å². The molecule has 1 aromatic carbocycles. The second-order valence-electron chi connectivity index (χ2n) is 5.19. The maximum absolute atomic E-state index is 9.63. The summed E-state index contributed by atoms with van der Waals surface area (Å²) in [4.78, 5) is 0. The van der Waals surface area contributed by atoms with E-state index >= 15 is 0 Å². The molecule has 100 valence electrons. The summed E-state index contributed by atoms with van der Waals surface area (Å²) in [6.07, 6.45) is 1.10. The van der Waals surface area contributed by atoms with Crippen LogP contribution in [0.5, 0.6) is 0 Å². The topological polar surface area (TPSA) is 42.2 Å². The fraction of sp³-hybridized carbons (Fsp3) is 0.438. The Hall–Kier alpha value is -1.63. The number of allylic oxidation sites excluding steroid dienone is 1. The zero-order valence-electron chi connectivity index (χ0n) is 11.7. The van der Waals surface area contributed by atoms with E-state index in [1.165, 1.54) is 0 Å². The molecule has 0 radical (unpaired) electrons. The van der Waals surface area contributed by atoms with Gasteiger partial charge in [0.25, 0.3) is 0 Å². The normalized spacial score (nSPS) is 19.3. The Morgan fingerprint density at radius 3 is 2.32 bits per heavy atom. The number of ether oxygens (including phenoxy) is 2. The lowest BCUT2D eigenvalue weighted by atomic mass is 9.60. The van der Waals surface area contributed by atoms with Crippen LogP contribution in [0.3, 0.4) is 0 Å². The molecule has 1 saturated carbocycles. The summed E-state index contributed by atoms with van der Waals surface area (Å²) in [5, 5.41) is 9.63. The van der Waals surface area contributed by atoms with Gasteiger partial charge in [-0.05, 0) is 18.1 Å². The van der Waals surface area contributed by atoms with Crippen LogP contribution < -0.4 is 0 Å². The Balaban J connectivity index is 2.42. The lowest BCUT2D eigenvalue weighted by Crippen LogP contribution is -2.56. The SMILES string of the molecule is C=C(C)c1ccccc1C1(C#N)CC(OC)(OC)C1. The van der Waals surface area contributed by atoms with Gasteiger partial charge in [-0.2, -0.15) is 5.26 Å². The van der Waals surface area contributed by atoms with Crippen LogP contribution in [0.1, 0.15) is 30.9 Å². The van der Waals surface area contributed by atoms with Gasteiger partial charge in [-0.25, -0.2) is 0 Å². The van der Waals surface area contributed by atoms with Crippen molar-refractivity contribution in [1.82, 2.24) is 0 Å². The van der Waals surface area contributed by atoms with E-state index in [0.29, 0.717) is 12.8 Å². The molecule has 0 atom stereocenters. The van der Waals surface area contributed by atoms with Crippen LogP contribution >= 0.6 is 0 Å². The highest BCUT2D eigenvalue weighted by molar-refractivity contribution is 5.67. The molecule has 0 heterocycles. The molecule has 0 unspecified atom stereocenters. The molecule has 0 saturated heterocycles. The quantitative estimate of drug-likeness (QED) is 0.777. The molecule has 3 heteroatoms. The van der Waals surface area contributed by atoms with Crippen LogP contribution in [0.15, 0.2) is 30.8 Å². The summed E-state index contributed by atoms with van der Waals surface area (Å²) >= 11 is 0. The molecule has 1 aromatic rings. The lowest BCUT2D eigenvalue weighted by molar-refractivity contribution is -0.269. The summed E-state index contributed by atoms with van der Waals surface area (Å²) in [7, 11) is 3.24. The molecule has 1 aliphatic carbocycles. The Morgan fingerprint density at radius 2 is 1.84 bits per heavy atom. The minimum atomic E-state index is -0.627. The smallest absolute Gasteiger partial charge is 0.171 e. The predicted octanol–water partition coefficient (Wildman–Crippen LogP) is 3.26. The Bertz CT molecular complexity index is 530. The van der Waals surface area contributed by atoms with Crippen molar-refractivity contribution >= 4 is 5.57 Å². The van der Waals surface area contributed by atoms with Crippen LogP contribution in [0, 0.1) is 11.3 Å². The molecule has 19 heavy (non-hydrogen) atoms. The van der Waals surface area contributed by atoms with Gasteiger partial charge < -0.3 is 9.47 Å². The zero-order chi connectivity index (χ0) is 14.1. The predicted molar refractivity (Wildman–Crippen MR) is 74.4 cm³/mol. The van der Waals surface area contributed by atoms with Crippen molar-refractivity contribution in [3.8, 4) is 6.07 Å². The molecular formula is C16H19NO2. The molecular weight excluding hydrogens is 238 g/mol. The van der Waals surface area contributed by atoms with Crippen LogP contribution in [-0.2, 0) is 14.9 Å². The highest BCUT2D eigenvalue weighted by Gasteiger charge is 2.58. The zero-order valence-corrected chi connectivity index (χ0v) is 11.7. The first-order valence-electron chi connectivity index (χ1n) is 6.29. The molecule has 1 fully saturated rings. The van der Waals surface area contributed by atoms with E-state index in [1.807, 2.05) is 31.2 Å². The monoisotopic (exact) mass is 257 g/mol. The summed E-state index contributed by atoms with van der Waals surface area (Å²) in [6.45, 7) is 5.96. The summed E-state index contributed by atoms with van der Waals surface area (Å²) in [5.74, 6) is -0.627. The van der Waals surface area contributed by atoms with Gasteiger partial charge in [-0.3, -0.25) is 0 Å². The molecule has 2 rings (SSSR count). The second-order valence-corrected chi connectivity index (χ2v) is 5.19. The Kier molecular flexibility index (Phi) is 3.49. The van der Waals surface area contributed by atoms with Crippen molar-refractivity contribution in [2.24, 2.45) is 0 Å². The van der Waals surface area contributed by atoms with Crippen molar-refractivity contribution in [2.45, 2.75) is 31.0 Å². The second kappa shape index (κ2) is 4.80. The summed E-state index contributed by atoms with van der Waals surface area (Å²) in [5.41, 5.74) is 2.50. The molecule has 1 aliphatic rings. The Morgan fingerprint density at radius 1 is 1.26 bits per heavy atom. The standard InChI is InChI=1S/C16H19NO2/c1-12(2)13-7-5-6-8-14(13)15(11-17)9-16(10-15,18-3)19-4/h5-8H,1,9-10H2,2-4H3. The first kappa shape index (κ1) is 13.8. The van der Waals surface area contributed by atoms with Gasteiger partial charge in [-0.1, -0.05) is 36.4 Å². The van der Waals surface area contributed by atoms with E-state index < -0.39 is 11.2 Å².